The second-order valence-electron chi connectivity index (χ2n) is 5.70. The highest BCUT2D eigenvalue weighted by Crippen LogP contribution is 2.27. The van der Waals surface area contributed by atoms with Crippen molar-refractivity contribution in [3.63, 3.8) is 0 Å². The topological polar surface area (TPSA) is 38.1 Å². The Morgan fingerprint density at radius 3 is 2.24 bits per heavy atom. The van der Waals surface area contributed by atoms with Gasteiger partial charge in [-0.25, -0.2) is 4.68 Å². The van der Waals surface area contributed by atoms with Gasteiger partial charge in [0.2, 0.25) is 5.88 Å². The van der Waals surface area contributed by atoms with Crippen molar-refractivity contribution in [2.75, 3.05) is 0 Å². The van der Waals surface area contributed by atoms with E-state index in [0.29, 0.717) is 0 Å². The zero-order valence-electron chi connectivity index (χ0n) is 13.4. The van der Waals surface area contributed by atoms with Gasteiger partial charge in [-0.05, 0) is 44.7 Å². The van der Waals surface area contributed by atoms with E-state index >= 15 is 0 Å². The second-order valence-corrected chi connectivity index (χ2v) is 5.70. The number of nitrogens with zero attached hydrogens (tertiary/aromatic N) is 2. The number of hydrogen-bond acceptors (Lipinski definition) is 2. The third-order valence-corrected chi connectivity index (χ3v) is 3.89. The third kappa shape index (κ3) is 3.66. The average Bonchev–Trinajstić information content (AvgIpc) is 2.80. The SMILES string of the molecule is CCCCc1c(O)nn(-c2ccc(C)cc2)c1CCCC. The highest BCUT2D eigenvalue weighted by atomic mass is 16.3. The van der Waals surface area contributed by atoms with Gasteiger partial charge in [0, 0.05) is 5.56 Å². The predicted octanol–water partition coefficient (Wildman–Crippen LogP) is 4.57. The average molecular weight is 286 g/mol. The molecular weight excluding hydrogens is 260 g/mol. The molecule has 1 aromatic carbocycles. The lowest BCUT2D eigenvalue weighted by Crippen LogP contribution is -2.04. The molecule has 1 N–H and O–H groups in total. The number of aromatic nitrogens is 2. The maximum Gasteiger partial charge on any atom is 0.234 e. The summed E-state index contributed by atoms with van der Waals surface area (Å²) in [5.41, 5.74) is 4.47. The third-order valence-electron chi connectivity index (χ3n) is 3.89. The maximum atomic E-state index is 10.2. The second kappa shape index (κ2) is 7.30. The Bertz CT molecular complexity index is 570. The van der Waals surface area contributed by atoms with E-state index in [2.05, 4.69) is 50.1 Å². The lowest BCUT2D eigenvalue weighted by Gasteiger charge is -2.09. The van der Waals surface area contributed by atoms with Gasteiger partial charge in [-0.1, -0.05) is 44.4 Å². The monoisotopic (exact) mass is 286 g/mol. The minimum atomic E-state index is 0.204. The van der Waals surface area contributed by atoms with Gasteiger partial charge in [0.25, 0.3) is 0 Å². The van der Waals surface area contributed by atoms with E-state index in [1.54, 1.807) is 0 Å². The number of benzene rings is 1. The van der Waals surface area contributed by atoms with Crippen LogP contribution in [-0.4, -0.2) is 14.9 Å². The number of unbranched alkanes of at least 4 members (excludes halogenated alkanes) is 2. The molecule has 3 heteroatoms. The number of aryl methyl sites for hydroxylation is 1. The van der Waals surface area contributed by atoms with Crippen LogP contribution in [0.2, 0.25) is 0 Å². The van der Waals surface area contributed by atoms with E-state index in [1.807, 2.05) is 4.68 Å². The van der Waals surface area contributed by atoms with Gasteiger partial charge in [0.15, 0.2) is 0 Å². The zero-order chi connectivity index (χ0) is 15.2. The first-order valence-corrected chi connectivity index (χ1v) is 8.04. The summed E-state index contributed by atoms with van der Waals surface area (Å²) in [6.45, 7) is 6.44. The summed E-state index contributed by atoms with van der Waals surface area (Å²) in [7, 11) is 0. The summed E-state index contributed by atoms with van der Waals surface area (Å²) < 4.78 is 1.93. The fourth-order valence-corrected chi connectivity index (χ4v) is 2.58. The first-order valence-electron chi connectivity index (χ1n) is 8.04. The summed E-state index contributed by atoms with van der Waals surface area (Å²) in [6.07, 6.45) is 6.36. The van der Waals surface area contributed by atoms with Gasteiger partial charge in [-0.2, -0.15) is 0 Å². The molecule has 0 unspecified atom stereocenters. The summed E-state index contributed by atoms with van der Waals surface area (Å²) >= 11 is 0. The Labute approximate surface area is 127 Å². The molecule has 0 amide bonds. The van der Waals surface area contributed by atoms with Crippen LogP contribution in [-0.2, 0) is 12.8 Å². The lowest BCUT2D eigenvalue weighted by molar-refractivity contribution is 0.441. The van der Waals surface area contributed by atoms with E-state index in [4.69, 9.17) is 0 Å². The van der Waals surface area contributed by atoms with E-state index in [1.165, 1.54) is 11.3 Å². The summed E-state index contributed by atoms with van der Waals surface area (Å²) in [6, 6.07) is 8.31. The molecule has 0 aliphatic heterocycles. The van der Waals surface area contributed by atoms with Crippen LogP contribution in [0.15, 0.2) is 24.3 Å². The van der Waals surface area contributed by atoms with Crippen LogP contribution >= 0.6 is 0 Å². The largest absolute Gasteiger partial charge is 0.492 e. The standard InChI is InChI=1S/C18H26N2O/c1-4-6-8-16-17(9-7-5-2)20(19-18(16)21)15-12-10-14(3)11-13-15/h10-13H,4-9H2,1-3H3,(H,19,21). The molecule has 21 heavy (non-hydrogen) atoms. The van der Waals surface area contributed by atoms with Gasteiger partial charge in [0.1, 0.15) is 0 Å². The van der Waals surface area contributed by atoms with Crippen molar-refractivity contribution in [2.45, 2.75) is 59.3 Å². The molecule has 3 nitrogen and oxygen atoms in total. The van der Waals surface area contributed by atoms with Gasteiger partial charge in [0.05, 0.1) is 11.4 Å². The minimum Gasteiger partial charge on any atom is -0.492 e. The smallest absolute Gasteiger partial charge is 0.234 e. The van der Waals surface area contributed by atoms with Crippen molar-refractivity contribution in [3.05, 3.63) is 41.1 Å². The molecule has 0 saturated heterocycles. The minimum absolute atomic E-state index is 0.204. The predicted molar refractivity (Wildman–Crippen MR) is 87.2 cm³/mol. The first-order chi connectivity index (χ1) is 10.2. The fourth-order valence-electron chi connectivity index (χ4n) is 2.58. The van der Waals surface area contributed by atoms with Gasteiger partial charge in [-0.15, -0.1) is 5.10 Å². The van der Waals surface area contributed by atoms with E-state index in [-0.39, 0.29) is 5.88 Å². The Morgan fingerprint density at radius 2 is 1.62 bits per heavy atom. The summed E-state index contributed by atoms with van der Waals surface area (Å²) in [4.78, 5) is 0. The quantitative estimate of drug-likeness (QED) is 0.809. The van der Waals surface area contributed by atoms with Crippen LogP contribution in [0.1, 0.15) is 56.4 Å². The van der Waals surface area contributed by atoms with E-state index < -0.39 is 0 Å². The molecule has 0 radical (unpaired) electrons. The molecule has 0 aliphatic rings. The molecule has 0 saturated carbocycles. The Morgan fingerprint density at radius 1 is 1.00 bits per heavy atom. The van der Waals surface area contributed by atoms with Crippen molar-refractivity contribution < 1.29 is 5.11 Å². The zero-order valence-corrected chi connectivity index (χ0v) is 13.4. The van der Waals surface area contributed by atoms with Crippen LogP contribution in [0.4, 0.5) is 0 Å². The molecule has 0 bridgehead atoms. The number of rotatable bonds is 7. The Balaban J connectivity index is 2.41. The van der Waals surface area contributed by atoms with Gasteiger partial charge >= 0.3 is 0 Å². The normalized spacial score (nSPS) is 11.0. The van der Waals surface area contributed by atoms with Crippen molar-refractivity contribution in [2.24, 2.45) is 0 Å². The highest BCUT2D eigenvalue weighted by Gasteiger charge is 2.17. The molecule has 1 aromatic heterocycles. The molecule has 0 fully saturated rings. The lowest BCUT2D eigenvalue weighted by atomic mass is 10.0. The van der Waals surface area contributed by atoms with E-state index in [0.717, 1.165) is 49.8 Å². The molecule has 1 heterocycles. The van der Waals surface area contributed by atoms with E-state index in [9.17, 15) is 5.11 Å². The molecule has 0 atom stereocenters. The molecule has 114 valence electrons. The van der Waals surface area contributed by atoms with Crippen LogP contribution < -0.4 is 0 Å². The van der Waals surface area contributed by atoms with Crippen LogP contribution in [0.5, 0.6) is 5.88 Å². The number of aromatic hydroxyl groups is 1. The molecule has 2 aromatic rings. The maximum absolute atomic E-state index is 10.2. The molecule has 2 rings (SSSR count). The molecule has 0 spiro atoms. The highest BCUT2D eigenvalue weighted by molar-refractivity contribution is 5.41. The van der Waals surface area contributed by atoms with Gasteiger partial charge < -0.3 is 5.11 Å². The Kier molecular flexibility index (Phi) is 5.43. The van der Waals surface area contributed by atoms with Gasteiger partial charge in [-0.3, -0.25) is 0 Å². The first kappa shape index (κ1) is 15.6. The summed E-state index contributed by atoms with van der Waals surface area (Å²) in [5.74, 6) is 0.204. The Hall–Kier alpha value is -1.77. The van der Waals surface area contributed by atoms with Crippen molar-refractivity contribution in [1.29, 1.82) is 0 Å². The van der Waals surface area contributed by atoms with Crippen molar-refractivity contribution in [3.8, 4) is 11.6 Å². The van der Waals surface area contributed by atoms with Crippen molar-refractivity contribution in [1.82, 2.24) is 9.78 Å². The van der Waals surface area contributed by atoms with Crippen LogP contribution in [0.3, 0.4) is 0 Å². The number of hydrogen-bond donors (Lipinski definition) is 1. The summed E-state index contributed by atoms with van der Waals surface area (Å²) in [5, 5.41) is 14.6. The molecule has 0 aliphatic carbocycles. The molecular formula is C18H26N2O. The van der Waals surface area contributed by atoms with Crippen LogP contribution in [0.25, 0.3) is 5.69 Å². The fraction of sp³-hybridized carbons (Fsp3) is 0.500. The van der Waals surface area contributed by atoms with Crippen LogP contribution in [0, 0.1) is 6.92 Å². The van der Waals surface area contributed by atoms with Crippen molar-refractivity contribution >= 4 is 0 Å².